The van der Waals surface area contributed by atoms with Crippen LogP contribution in [0.1, 0.15) is 48.7 Å². The van der Waals surface area contributed by atoms with Gasteiger partial charge in [0.2, 0.25) is 0 Å². The van der Waals surface area contributed by atoms with Gasteiger partial charge in [0.1, 0.15) is 17.0 Å². The SMILES string of the molecule is COc1cc(C(=O)Nc2cccc(-c3cccc(NC(=O)OC(C)(C)C)c3C)c2Cl)ncc1C(OC)OC. The average molecular weight is 542 g/mol. The van der Waals surface area contributed by atoms with Crippen molar-refractivity contribution in [2.45, 2.75) is 39.6 Å². The van der Waals surface area contributed by atoms with Gasteiger partial charge in [-0.25, -0.2) is 4.79 Å². The van der Waals surface area contributed by atoms with E-state index in [4.69, 9.17) is 30.5 Å². The topological polar surface area (TPSA) is 108 Å². The zero-order valence-electron chi connectivity index (χ0n) is 22.5. The fraction of sp³-hybridized carbons (Fsp3) is 0.321. The molecule has 0 saturated carbocycles. The third kappa shape index (κ3) is 6.80. The number of methoxy groups -OCH3 is 3. The molecule has 1 aromatic heterocycles. The van der Waals surface area contributed by atoms with Gasteiger partial charge in [0, 0.05) is 37.7 Å². The minimum absolute atomic E-state index is 0.123. The number of hydrogen-bond acceptors (Lipinski definition) is 7. The van der Waals surface area contributed by atoms with E-state index in [1.807, 2.05) is 25.1 Å². The second kappa shape index (κ2) is 12.3. The highest BCUT2D eigenvalue weighted by atomic mass is 35.5. The van der Waals surface area contributed by atoms with Crippen LogP contribution in [0.2, 0.25) is 5.02 Å². The molecule has 2 N–H and O–H groups in total. The zero-order chi connectivity index (χ0) is 28.0. The Balaban J connectivity index is 1.88. The smallest absolute Gasteiger partial charge is 0.412 e. The Kier molecular flexibility index (Phi) is 9.32. The molecule has 0 fully saturated rings. The number of hydrogen-bond donors (Lipinski definition) is 2. The summed E-state index contributed by atoms with van der Waals surface area (Å²) in [5.41, 5.74) is 3.28. The molecule has 0 saturated heterocycles. The first-order chi connectivity index (χ1) is 18.0. The first-order valence-corrected chi connectivity index (χ1v) is 12.2. The second-order valence-electron chi connectivity index (χ2n) is 9.34. The number of halogens is 1. The standard InChI is InChI=1S/C28H32ClN3O6/c1-16-17(10-8-12-20(16)32-27(34)38-28(2,3)4)18-11-9-13-21(24(18)29)31-25(33)22-14-23(35-5)19(15-30-22)26(36-6)37-7/h8-15,26H,1-7H3,(H,31,33)(H,32,34). The lowest BCUT2D eigenvalue weighted by Crippen LogP contribution is -2.27. The molecule has 0 spiro atoms. The molecule has 9 nitrogen and oxygen atoms in total. The Morgan fingerprint density at radius 3 is 2.18 bits per heavy atom. The Hall–Kier alpha value is -3.66. The molecule has 0 aliphatic heterocycles. The summed E-state index contributed by atoms with van der Waals surface area (Å²) in [4.78, 5) is 29.6. The summed E-state index contributed by atoms with van der Waals surface area (Å²) >= 11 is 6.75. The molecule has 10 heteroatoms. The predicted octanol–water partition coefficient (Wildman–Crippen LogP) is 6.61. The predicted molar refractivity (Wildman–Crippen MR) is 147 cm³/mol. The summed E-state index contributed by atoms with van der Waals surface area (Å²) in [6, 6.07) is 12.3. The quantitative estimate of drug-likeness (QED) is 0.309. The van der Waals surface area contributed by atoms with E-state index in [0.717, 1.165) is 11.1 Å². The first kappa shape index (κ1) is 28.9. The van der Waals surface area contributed by atoms with Crippen molar-refractivity contribution in [3.8, 4) is 16.9 Å². The third-order valence-electron chi connectivity index (χ3n) is 5.54. The van der Waals surface area contributed by atoms with E-state index >= 15 is 0 Å². The van der Waals surface area contributed by atoms with Gasteiger partial charge in [0.25, 0.3) is 5.91 Å². The third-order valence-corrected chi connectivity index (χ3v) is 5.94. The number of amides is 2. The number of carbonyl (C=O) groups is 2. The van der Waals surface area contributed by atoms with Crippen molar-refractivity contribution >= 4 is 35.0 Å². The van der Waals surface area contributed by atoms with Crippen LogP contribution in [0.5, 0.6) is 5.75 Å². The van der Waals surface area contributed by atoms with Crippen LogP contribution in [0, 0.1) is 6.92 Å². The molecule has 38 heavy (non-hydrogen) atoms. The number of benzene rings is 2. The van der Waals surface area contributed by atoms with Crippen LogP contribution < -0.4 is 15.4 Å². The number of carbonyl (C=O) groups excluding carboxylic acids is 2. The van der Waals surface area contributed by atoms with Gasteiger partial charge >= 0.3 is 6.09 Å². The molecule has 3 rings (SSSR count). The van der Waals surface area contributed by atoms with Crippen molar-refractivity contribution in [3.63, 3.8) is 0 Å². The highest BCUT2D eigenvalue weighted by Gasteiger charge is 2.21. The maximum Gasteiger partial charge on any atom is 0.412 e. The number of pyridine rings is 1. The molecular formula is C28H32ClN3O6. The number of nitrogens with zero attached hydrogens (tertiary/aromatic N) is 1. The monoisotopic (exact) mass is 541 g/mol. The van der Waals surface area contributed by atoms with E-state index in [1.165, 1.54) is 33.6 Å². The molecule has 0 unspecified atom stereocenters. The fourth-order valence-corrected chi connectivity index (χ4v) is 4.05. The second-order valence-corrected chi connectivity index (χ2v) is 9.72. The Morgan fingerprint density at radius 1 is 0.947 bits per heavy atom. The molecule has 202 valence electrons. The Morgan fingerprint density at radius 2 is 1.58 bits per heavy atom. The highest BCUT2D eigenvalue weighted by Crippen LogP contribution is 2.38. The van der Waals surface area contributed by atoms with Gasteiger partial charge < -0.3 is 24.3 Å². The number of nitrogens with one attached hydrogen (secondary N) is 2. The van der Waals surface area contributed by atoms with Gasteiger partial charge in [-0.15, -0.1) is 0 Å². The summed E-state index contributed by atoms with van der Waals surface area (Å²) in [5, 5.41) is 5.93. The minimum Gasteiger partial charge on any atom is -0.496 e. The van der Waals surface area contributed by atoms with E-state index < -0.39 is 23.9 Å². The molecule has 3 aromatic rings. The van der Waals surface area contributed by atoms with Crippen LogP contribution in [-0.2, 0) is 14.2 Å². The summed E-state index contributed by atoms with van der Waals surface area (Å²) in [5.74, 6) is -0.0824. The molecule has 0 aliphatic carbocycles. The first-order valence-electron chi connectivity index (χ1n) is 11.8. The lowest BCUT2D eigenvalue weighted by molar-refractivity contribution is -0.107. The average Bonchev–Trinajstić information content (AvgIpc) is 2.86. The van der Waals surface area contributed by atoms with E-state index in [9.17, 15) is 9.59 Å². The minimum atomic E-state index is -0.690. The van der Waals surface area contributed by atoms with Crippen LogP contribution in [0.15, 0.2) is 48.7 Å². The molecular weight excluding hydrogens is 510 g/mol. The van der Waals surface area contributed by atoms with Gasteiger partial charge in [-0.2, -0.15) is 0 Å². The number of ether oxygens (including phenoxy) is 4. The van der Waals surface area contributed by atoms with Gasteiger partial charge in [-0.05, 0) is 51.0 Å². The fourth-order valence-electron chi connectivity index (χ4n) is 3.77. The zero-order valence-corrected chi connectivity index (χ0v) is 23.2. The summed E-state index contributed by atoms with van der Waals surface area (Å²) < 4.78 is 21.3. The largest absolute Gasteiger partial charge is 0.496 e. The van der Waals surface area contributed by atoms with Crippen molar-refractivity contribution in [2.24, 2.45) is 0 Å². The van der Waals surface area contributed by atoms with Crippen LogP contribution in [0.3, 0.4) is 0 Å². The Bertz CT molecular complexity index is 1320. The van der Waals surface area contributed by atoms with Crippen LogP contribution in [0.25, 0.3) is 11.1 Å². The number of aromatic nitrogens is 1. The van der Waals surface area contributed by atoms with E-state index in [-0.39, 0.29) is 5.69 Å². The molecule has 1 heterocycles. The van der Waals surface area contributed by atoms with Gasteiger partial charge in [-0.3, -0.25) is 15.1 Å². The molecule has 0 bridgehead atoms. The van der Waals surface area contributed by atoms with E-state index in [2.05, 4.69) is 15.6 Å². The molecule has 0 radical (unpaired) electrons. The lowest BCUT2D eigenvalue weighted by Gasteiger charge is -2.21. The van der Waals surface area contributed by atoms with Crippen molar-refractivity contribution in [2.75, 3.05) is 32.0 Å². The van der Waals surface area contributed by atoms with Crippen LogP contribution >= 0.6 is 11.6 Å². The normalized spacial score (nSPS) is 11.3. The molecule has 2 amide bonds. The summed E-state index contributed by atoms with van der Waals surface area (Å²) in [7, 11) is 4.47. The highest BCUT2D eigenvalue weighted by molar-refractivity contribution is 6.36. The van der Waals surface area contributed by atoms with Crippen LogP contribution in [-0.4, -0.2) is 43.9 Å². The number of rotatable bonds is 8. The summed E-state index contributed by atoms with van der Waals surface area (Å²) in [6.07, 6.45) is 0.223. The maximum atomic E-state index is 13.0. The van der Waals surface area contributed by atoms with Crippen molar-refractivity contribution in [1.29, 1.82) is 0 Å². The van der Waals surface area contributed by atoms with Gasteiger partial charge in [0.05, 0.1) is 23.4 Å². The van der Waals surface area contributed by atoms with Gasteiger partial charge in [-0.1, -0.05) is 35.9 Å². The Labute approximate surface area is 227 Å². The lowest BCUT2D eigenvalue weighted by atomic mass is 9.98. The molecule has 0 aliphatic rings. The van der Waals surface area contributed by atoms with Crippen molar-refractivity contribution in [3.05, 3.63) is 70.5 Å². The van der Waals surface area contributed by atoms with Crippen LogP contribution in [0.4, 0.5) is 16.2 Å². The number of anilines is 2. The maximum absolute atomic E-state index is 13.0. The van der Waals surface area contributed by atoms with Crippen molar-refractivity contribution in [1.82, 2.24) is 4.98 Å². The van der Waals surface area contributed by atoms with Gasteiger partial charge in [0.15, 0.2) is 6.29 Å². The summed E-state index contributed by atoms with van der Waals surface area (Å²) in [6.45, 7) is 7.26. The molecule has 2 aromatic carbocycles. The molecule has 0 atom stereocenters. The van der Waals surface area contributed by atoms with E-state index in [1.54, 1.807) is 39.0 Å². The van der Waals surface area contributed by atoms with E-state index in [0.29, 0.717) is 33.3 Å². The van der Waals surface area contributed by atoms with Crippen molar-refractivity contribution < 1.29 is 28.5 Å².